The van der Waals surface area contributed by atoms with E-state index >= 15 is 4.39 Å². The molecule has 4 saturated heterocycles. The molecule has 2 atom stereocenters. The third kappa shape index (κ3) is 10.6. The number of halogens is 2. The third-order valence-corrected chi connectivity index (χ3v) is 17.1. The number of nitrogens with zero attached hydrogens (tertiary/aromatic N) is 8. The van der Waals surface area contributed by atoms with E-state index in [1.54, 1.807) is 19.5 Å². The van der Waals surface area contributed by atoms with Gasteiger partial charge in [0, 0.05) is 118 Å². The first-order valence-electron chi connectivity index (χ1n) is 25.7. The Morgan fingerprint density at radius 3 is 2.37 bits per heavy atom. The Hall–Kier alpha value is -5.88. The molecule has 20 heteroatoms. The molecule has 0 radical (unpaired) electrons. The summed E-state index contributed by atoms with van der Waals surface area (Å²) in [6, 6.07) is 14.4. The van der Waals surface area contributed by atoms with Crippen molar-refractivity contribution in [2.24, 2.45) is 5.92 Å². The topological polar surface area (TPSA) is 183 Å². The van der Waals surface area contributed by atoms with E-state index < -0.39 is 30.7 Å². The molecule has 386 valence electrons. The van der Waals surface area contributed by atoms with Crippen LogP contribution in [0.4, 0.5) is 38.9 Å². The lowest BCUT2D eigenvalue weighted by Gasteiger charge is -2.44. The van der Waals surface area contributed by atoms with E-state index in [4.69, 9.17) is 19.1 Å². The van der Waals surface area contributed by atoms with Crippen molar-refractivity contribution in [2.75, 3.05) is 99.3 Å². The van der Waals surface area contributed by atoms with Crippen molar-refractivity contribution in [3.8, 4) is 5.75 Å². The van der Waals surface area contributed by atoms with Gasteiger partial charge in [0.05, 0.1) is 39.2 Å². The zero-order chi connectivity index (χ0) is 51.1. The van der Waals surface area contributed by atoms with Crippen LogP contribution < -0.4 is 41.5 Å². The fraction of sp³-hybridized carbons (Fsp3) is 0.472. The molecule has 6 aromatic rings. The van der Waals surface area contributed by atoms with Crippen LogP contribution in [0.1, 0.15) is 70.2 Å². The normalized spacial score (nSPS) is 19.5. The minimum atomic E-state index is -2.75. The van der Waals surface area contributed by atoms with Crippen LogP contribution in [0.5, 0.6) is 5.75 Å². The number of amides is 2. The van der Waals surface area contributed by atoms with E-state index in [1.807, 2.05) is 31.2 Å². The highest BCUT2D eigenvalue weighted by Gasteiger charge is 2.35. The van der Waals surface area contributed by atoms with Crippen molar-refractivity contribution in [3.63, 3.8) is 0 Å². The Morgan fingerprint density at radius 2 is 1.64 bits per heavy atom. The molecule has 3 aromatic carbocycles. The second-order valence-corrected chi connectivity index (χ2v) is 24.1. The smallest absolute Gasteiger partial charge is 0.420 e. The van der Waals surface area contributed by atoms with Gasteiger partial charge in [-0.1, -0.05) is 19.9 Å². The number of hydrogen-bond acceptors (Lipinski definition) is 15. The molecule has 4 fully saturated rings. The number of oxazole rings is 1. The van der Waals surface area contributed by atoms with E-state index in [0.29, 0.717) is 59.3 Å². The van der Waals surface area contributed by atoms with Gasteiger partial charge in [0.15, 0.2) is 5.58 Å². The lowest BCUT2D eigenvalue weighted by Crippen LogP contribution is -2.54. The van der Waals surface area contributed by atoms with Gasteiger partial charge in [-0.3, -0.25) is 29.4 Å². The standard InChI is InChI=1S/C53H64BrFN11O6P/c1-6-33-25-41(59-52-56-29-38(54)50(61-52)58-40-12-11-39-37(49(40)73(4,5)70)10-9-35(7-2)57-39)46(71-8-3)28-43(33)64-19-16-36(17-20-64)63-23-21-62(22-24-63)30-32-15-18-65(31-32)44-26-34(55)27-45-48(44)72-53(69)66(45)42-13-14-47(67)60-51(42)68/h9-12,25-29,32,36,42H,6-8,13-24,30-31H2,1-5H3,(H,60,67,68)(H2,56,58,59,61). The molecule has 2 unspecified atom stereocenters. The highest BCUT2D eigenvalue weighted by molar-refractivity contribution is 9.10. The maximum absolute atomic E-state index is 15.2. The Labute approximate surface area is 432 Å². The average molecular weight is 1080 g/mol. The summed E-state index contributed by atoms with van der Waals surface area (Å²) in [5.41, 5.74) is 6.70. The molecule has 3 N–H and O–H groups in total. The zero-order valence-corrected chi connectivity index (χ0v) is 44.7. The summed E-state index contributed by atoms with van der Waals surface area (Å²) in [7, 11) is -2.75. The summed E-state index contributed by atoms with van der Waals surface area (Å²) in [5, 5.41) is 10.8. The van der Waals surface area contributed by atoms with E-state index in [-0.39, 0.29) is 29.8 Å². The van der Waals surface area contributed by atoms with Gasteiger partial charge >= 0.3 is 5.76 Å². The highest BCUT2D eigenvalue weighted by atomic mass is 79.9. The molecule has 2 amide bonds. The molecule has 4 aliphatic heterocycles. The Kier molecular flexibility index (Phi) is 14.7. The SMILES string of the molecule is CCOc1cc(N2CCC(N3CCN(CC4CCN(c5cc(F)cc6c5oc(=O)n6C5CCC(=O)NC5=O)C4)CC3)CC2)c(CC)cc1Nc1ncc(Br)c(Nc2ccc3nc(CC)ccc3c2P(C)(C)=O)n1. The summed E-state index contributed by atoms with van der Waals surface area (Å²) in [6.45, 7) is 18.5. The van der Waals surface area contributed by atoms with E-state index in [0.717, 1.165) is 111 Å². The third-order valence-electron chi connectivity index (χ3n) is 15.0. The van der Waals surface area contributed by atoms with Crippen LogP contribution in [0.25, 0.3) is 22.0 Å². The first kappa shape index (κ1) is 50.6. The molecule has 4 aliphatic rings. The van der Waals surface area contributed by atoms with Crippen molar-refractivity contribution < 1.29 is 27.7 Å². The maximum atomic E-state index is 15.2. The second-order valence-electron chi connectivity index (χ2n) is 20.1. The predicted octanol–water partition coefficient (Wildman–Crippen LogP) is 8.18. The van der Waals surface area contributed by atoms with Gasteiger partial charge < -0.3 is 39.1 Å². The minimum Gasteiger partial charge on any atom is -0.492 e. The molecule has 0 saturated carbocycles. The number of carbonyl (C=O) groups excluding carboxylic acids is 2. The van der Waals surface area contributed by atoms with Crippen LogP contribution in [0.15, 0.2) is 68.4 Å². The Balaban J connectivity index is 0.753. The molecule has 3 aromatic heterocycles. The number of carbonyl (C=O) groups is 2. The summed E-state index contributed by atoms with van der Waals surface area (Å²) < 4.78 is 42.8. The van der Waals surface area contributed by atoms with Crippen molar-refractivity contribution in [1.82, 2.24) is 34.6 Å². The van der Waals surface area contributed by atoms with Gasteiger partial charge in [0.25, 0.3) is 0 Å². The molecule has 7 heterocycles. The summed E-state index contributed by atoms with van der Waals surface area (Å²) in [6.07, 6.45) is 6.67. The number of aryl methyl sites for hydroxylation is 2. The number of hydrogen-bond donors (Lipinski definition) is 3. The van der Waals surface area contributed by atoms with Crippen LogP contribution in [0, 0.1) is 11.7 Å². The molecular weight excluding hydrogens is 1020 g/mol. The summed E-state index contributed by atoms with van der Waals surface area (Å²) in [4.78, 5) is 61.6. The average Bonchev–Trinajstić information content (AvgIpc) is 3.98. The lowest BCUT2D eigenvalue weighted by molar-refractivity contribution is -0.135. The van der Waals surface area contributed by atoms with Crippen LogP contribution in [0.3, 0.4) is 0 Å². The monoisotopic (exact) mass is 1080 g/mol. The number of aromatic nitrogens is 4. The van der Waals surface area contributed by atoms with Crippen LogP contribution in [0.2, 0.25) is 0 Å². The fourth-order valence-electron chi connectivity index (χ4n) is 11.3. The van der Waals surface area contributed by atoms with Gasteiger partial charge in [-0.25, -0.2) is 14.2 Å². The van der Waals surface area contributed by atoms with E-state index in [2.05, 4.69) is 82.4 Å². The number of anilines is 6. The number of rotatable bonds is 15. The number of benzene rings is 3. The van der Waals surface area contributed by atoms with E-state index in [9.17, 15) is 18.9 Å². The van der Waals surface area contributed by atoms with Gasteiger partial charge in [-0.05, 0) is 110 Å². The molecule has 0 bridgehead atoms. The first-order chi connectivity index (χ1) is 35.2. The largest absolute Gasteiger partial charge is 0.492 e. The van der Waals surface area contributed by atoms with Crippen molar-refractivity contribution in [3.05, 3.63) is 86.8 Å². The zero-order valence-electron chi connectivity index (χ0n) is 42.2. The van der Waals surface area contributed by atoms with Gasteiger partial charge in [0.2, 0.25) is 17.8 Å². The number of fused-ring (bicyclic) bond motifs is 2. The molecule has 0 aliphatic carbocycles. The maximum Gasteiger partial charge on any atom is 0.420 e. The highest BCUT2D eigenvalue weighted by Crippen LogP contribution is 2.43. The van der Waals surface area contributed by atoms with Crippen molar-refractivity contribution >= 4 is 96.7 Å². The Morgan fingerprint density at radius 1 is 0.863 bits per heavy atom. The minimum absolute atomic E-state index is 0.0943. The van der Waals surface area contributed by atoms with Crippen LogP contribution in [-0.4, -0.2) is 126 Å². The fourth-order valence-corrected chi connectivity index (χ4v) is 13.1. The number of ether oxygens (including phenoxy) is 1. The lowest BCUT2D eigenvalue weighted by atomic mass is 9.99. The summed E-state index contributed by atoms with van der Waals surface area (Å²) in [5.74, 6) is -0.199. The first-order valence-corrected chi connectivity index (χ1v) is 29.1. The number of piperazine rings is 1. The molecule has 73 heavy (non-hydrogen) atoms. The predicted molar refractivity (Wildman–Crippen MR) is 289 cm³/mol. The van der Waals surface area contributed by atoms with Crippen molar-refractivity contribution in [1.29, 1.82) is 0 Å². The molecule has 0 spiro atoms. The van der Waals surface area contributed by atoms with Gasteiger partial charge in [0.1, 0.15) is 30.6 Å². The number of piperidine rings is 2. The Bertz CT molecular complexity index is 3180. The number of pyridine rings is 1. The molecule has 17 nitrogen and oxygen atoms in total. The number of nitrogens with one attached hydrogen (secondary N) is 3. The quantitative estimate of drug-likeness (QED) is 0.0661. The summed E-state index contributed by atoms with van der Waals surface area (Å²) >= 11 is 3.64. The van der Waals surface area contributed by atoms with E-state index in [1.165, 1.54) is 28.0 Å². The van der Waals surface area contributed by atoms with Crippen LogP contribution in [-0.2, 0) is 27.0 Å². The molecular formula is C53H64BrFN11O6P. The molecule has 10 rings (SSSR count). The van der Waals surface area contributed by atoms with Gasteiger partial charge in [-0.15, -0.1) is 0 Å². The second kappa shape index (κ2) is 21.2. The van der Waals surface area contributed by atoms with Crippen molar-refractivity contribution in [2.45, 2.75) is 77.8 Å². The number of imide groups is 1. The van der Waals surface area contributed by atoms with Crippen LogP contribution >= 0.6 is 23.1 Å². The van der Waals surface area contributed by atoms with Gasteiger partial charge in [-0.2, -0.15) is 4.98 Å².